The molecule has 1 rings (SSSR count). The van der Waals surface area contributed by atoms with Gasteiger partial charge in [0.05, 0.1) is 6.07 Å². The van der Waals surface area contributed by atoms with Crippen LogP contribution in [-0.4, -0.2) is 24.6 Å². The highest BCUT2D eigenvalue weighted by Crippen LogP contribution is 2.23. The van der Waals surface area contributed by atoms with Gasteiger partial charge in [-0.2, -0.15) is 5.26 Å². The minimum absolute atomic E-state index is 0.00515. The number of para-hydroxylation sites is 1. The molecule has 0 saturated heterocycles. The van der Waals surface area contributed by atoms with Gasteiger partial charge in [-0.3, -0.25) is 4.79 Å². The second-order valence-corrected chi connectivity index (χ2v) is 5.89. The number of rotatable bonds is 6. The van der Waals surface area contributed by atoms with Crippen LogP contribution in [0.3, 0.4) is 0 Å². The van der Waals surface area contributed by atoms with Crippen LogP contribution in [0, 0.1) is 18.3 Å². The molecule has 0 radical (unpaired) electrons. The van der Waals surface area contributed by atoms with E-state index in [2.05, 4.69) is 31.4 Å². The van der Waals surface area contributed by atoms with Gasteiger partial charge in [0, 0.05) is 17.6 Å². The number of nitriles is 1. The molecule has 1 amide bonds. The van der Waals surface area contributed by atoms with Gasteiger partial charge in [-0.1, -0.05) is 18.2 Å². The molecular formula is C16H23N3O2. The molecule has 1 aromatic rings. The average molecular weight is 289 g/mol. The summed E-state index contributed by atoms with van der Waals surface area (Å²) < 4.78 is 5.63. The number of hydrogen-bond acceptors (Lipinski definition) is 4. The summed E-state index contributed by atoms with van der Waals surface area (Å²) in [5.74, 6) is 0.427. The lowest BCUT2D eigenvalue weighted by Crippen LogP contribution is -2.35. The number of nitrogens with zero attached hydrogens (tertiary/aromatic N) is 1. The second-order valence-electron chi connectivity index (χ2n) is 5.89. The van der Waals surface area contributed by atoms with Crippen molar-refractivity contribution in [1.82, 2.24) is 10.6 Å². The minimum Gasteiger partial charge on any atom is -0.483 e. The Hall–Kier alpha value is -2.06. The Kier molecular flexibility index (Phi) is 6.19. The molecule has 0 spiro atoms. The molecule has 0 aromatic heterocycles. The number of carbonyl (C=O) groups excluding carboxylic acids is 1. The van der Waals surface area contributed by atoms with Crippen LogP contribution < -0.4 is 15.4 Å². The van der Waals surface area contributed by atoms with Crippen molar-refractivity contribution in [2.24, 2.45) is 0 Å². The predicted octanol–water partition coefficient (Wildman–Crippen LogP) is 1.90. The highest BCUT2D eigenvalue weighted by Gasteiger charge is 2.13. The topological polar surface area (TPSA) is 74.2 Å². The Bertz CT molecular complexity index is 527. The molecule has 5 nitrogen and oxygen atoms in total. The van der Waals surface area contributed by atoms with Gasteiger partial charge in [0.15, 0.2) is 6.61 Å². The lowest BCUT2D eigenvalue weighted by molar-refractivity contribution is -0.122. The SMILES string of the molecule is Cc1cccc(CNC(C)(C)C)c1OCC(=O)NCC#N. The zero-order chi connectivity index (χ0) is 15.9. The summed E-state index contributed by atoms with van der Waals surface area (Å²) in [7, 11) is 0. The minimum atomic E-state index is -0.297. The molecule has 0 unspecified atom stereocenters. The third-order valence-corrected chi connectivity index (χ3v) is 2.81. The maximum Gasteiger partial charge on any atom is 0.258 e. The van der Waals surface area contributed by atoms with E-state index in [1.807, 2.05) is 31.2 Å². The highest BCUT2D eigenvalue weighted by molar-refractivity contribution is 5.77. The summed E-state index contributed by atoms with van der Waals surface area (Å²) in [4.78, 5) is 11.5. The molecule has 0 aliphatic heterocycles. The summed E-state index contributed by atoms with van der Waals surface area (Å²) >= 11 is 0. The van der Waals surface area contributed by atoms with Crippen molar-refractivity contribution < 1.29 is 9.53 Å². The maximum atomic E-state index is 11.5. The third kappa shape index (κ3) is 6.28. The molecule has 0 fully saturated rings. The Balaban J connectivity index is 2.72. The Morgan fingerprint density at radius 3 is 2.71 bits per heavy atom. The molecule has 0 aliphatic rings. The molecule has 1 aromatic carbocycles. The number of nitrogens with one attached hydrogen (secondary N) is 2. The smallest absolute Gasteiger partial charge is 0.258 e. The highest BCUT2D eigenvalue weighted by atomic mass is 16.5. The third-order valence-electron chi connectivity index (χ3n) is 2.81. The van der Waals surface area contributed by atoms with E-state index < -0.39 is 0 Å². The molecular weight excluding hydrogens is 266 g/mol. The van der Waals surface area contributed by atoms with Gasteiger partial charge in [0.25, 0.3) is 5.91 Å². The van der Waals surface area contributed by atoms with Gasteiger partial charge in [-0.15, -0.1) is 0 Å². The first-order valence-corrected chi connectivity index (χ1v) is 6.93. The zero-order valence-electron chi connectivity index (χ0n) is 13.1. The second kappa shape index (κ2) is 7.65. The van der Waals surface area contributed by atoms with Crippen LogP contribution in [0.1, 0.15) is 31.9 Å². The molecule has 5 heteroatoms. The number of carbonyl (C=O) groups is 1. The number of benzene rings is 1. The van der Waals surface area contributed by atoms with E-state index in [1.165, 1.54) is 0 Å². The first-order chi connectivity index (χ1) is 9.83. The first kappa shape index (κ1) is 17.0. The van der Waals surface area contributed by atoms with Crippen LogP contribution in [0.4, 0.5) is 0 Å². The van der Waals surface area contributed by atoms with Gasteiger partial charge in [-0.05, 0) is 33.3 Å². The van der Waals surface area contributed by atoms with Crippen molar-refractivity contribution in [2.45, 2.75) is 39.8 Å². The summed E-state index contributed by atoms with van der Waals surface area (Å²) in [5.41, 5.74) is 2.00. The van der Waals surface area contributed by atoms with Gasteiger partial charge in [-0.25, -0.2) is 0 Å². The van der Waals surface area contributed by atoms with Crippen LogP contribution in [0.5, 0.6) is 5.75 Å². The van der Waals surface area contributed by atoms with Crippen LogP contribution in [0.15, 0.2) is 18.2 Å². The quantitative estimate of drug-likeness (QED) is 0.784. The molecule has 0 atom stereocenters. The summed E-state index contributed by atoms with van der Waals surface area (Å²) in [6.45, 7) is 8.81. The first-order valence-electron chi connectivity index (χ1n) is 6.93. The summed E-state index contributed by atoms with van der Waals surface area (Å²) in [6, 6.07) is 7.76. The molecule has 0 heterocycles. The van der Waals surface area contributed by atoms with E-state index in [1.54, 1.807) is 0 Å². The molecule has 0 saturated carbocycles. The van der Waals surface area contributed by atoms with Crippen molar-refractivity contribution in [2.75, 3.05) is 13.2 Å². The van der Waals surface area contributed by atoms with Crippen molar-refractivity contribution in [3.63, 3.8) is 0 Å². The fourth-order valence-electron chi connectivity index (χ4n) is 1.75. The number of aryl methyl sites for hydroxylation is 1. The number of amides is 1. The molecule has 114 valence electrons. The van der Waals surface area contributed by atoms with Gasteiger partial charge in [0.2, 0.25) is 0 Å². The van der Waals surface area contributed by atoms with Gasteiger partial charge in [0.1, 0.15) is 12.3 Å². The van der Waals surface area contributed by atoms with Crippen molar-refractivity contribution >= 4 is 5.91 Å². The van der Waals surface area contributed by atoms with Gasteiger partial charge < -0.3 is 15.4 Å². The predicted molar refractivity (Wildman–Crippen MR) is 81.9 cm³/mol. The zero-order valence-corrected chi connectivity index (χ0v) is 13.1. The lowest BCUT2D eigenvalue weighted by Gasteiger charge is -2.22. The van der Waals surface area contributed by atoms with Crippen LogP contribution in [0.2, 0.25) is 0 Å². The van der Waals surface area contributed by atoms with Crippen molar-refractivity contribution in [3.05, 3.63) is 29.3 Å². The molecule has 0 bridgehead atoms. The number of ether oxygens (including phenoxy) is 1. The maximum absolute atomic E-state index is 11.5. The summed E-state index contributed by atoms with van der Waals surface area (Å²) in [5, 5.41) is 14.3. The average Bonchev–Trinajstić information content (AvgIpc) is 2.41. The van der Waals surface area contributed by atoms with Crippen LogP contribution in [-0.2, 0) is 11.3 Å². The summed E-state index contributed by atoms with van der Waals surface area (Å²) in [6.07, 6.45) is 0. The van der Waals surface area contributed by atoms with E-state index in [9.17, 15) is 4.79 Å². The Morgan fingerprint density at radius 2 is 2.10 bits per heavy atom. The molecule has 21 heavy (non-hydrogen) atoms. The van der Waals surface area contributed by atoms with Crippen molar-refractivity contribution in [3.8, 4) is 11.8 Å². The van der Waals surface area contributed by atoms with Crippen molar-refractivity contribution in [1.29, 1.82) is 5.26 Å². The Morgan fingerprint density at radius 1 is 1.38 bits per heavy atom. The van der Waals surface area contributed by atoms with Crippen LogP contribution in [0.25, 0.3) is 0 Å². The van der Waals surface area contributed by atoms with E-state index in [0.717, 1.165) is 16.9 Å². The Labute approximate surface area is 126 Å². The van der Waals surface area contributed by atoms with Gasteiger partial charge >= 0.3 is 0 Å². The van der Waals surface area contributed by atoms with E-state index in [4.69, 9.17) is 10.00 Å². The normalized spacial score (nSPS) is 10.8. The largest absolute Gasteiger partial charge is 0.483 e. The lowest BCUT2D eigenvalue weighted by atomic mass is 10.1. The monoisotopic (exact) mass is 289 g/mol. The van der Waals surface area contributed by atoms with E-state index in [0.29, 0.717) is 6.54 Å². The standard InChI is InChI=1S/C16H23N3O2/c1-12-6-5-7-13(10-19-16(2,3)4)15(12)21-11-14(20)18-9-8-17/h5-7,19H,9-11H2,1-4H3,(H,18,20). The van der Waals surface area contributed by atoms with Crippen LogP contribution >= 0.6 is 0 Å². The number of hydrogen-bond donors (Lipinski definition) is 2. The van der Waals surface area contributed by atoms with E-state index >= 15 is 0 Å². The fraction of sp³-hybridized carbons (Fsp3) is 0.500. The van der Waals surface area contributed by atoms with E-state index in [-0.39, 0.29) is 24.6 Å². The molecule has 0 aliphatic carbocycles. The molecule has 2 N–H and O–H groups in total. The fourth-order valence-corrected chi connectivity index (χ4v) is 1.75.